The van der Waals surface area contributed by atoms with E-state index in [-0.39, 0.29) is 35.5 Å². The van der Waals surface area contributed by atoms with Crippen LogP contribution >= 0.6 is 0 Å². The monoisotopic (exact) mass is 259 g/mol. The van der Waals surface area contributed by atoms with E-state index >= 15 is 0 Å². The summed E-state index contributed by atoms with van der Waals surface area (Å²) in [6.07, 6.45) is 1.09. The summed E-state index contributed by atoms with van der Waals surface area (Å²) in [4.78, 5) is 0. The zero-order chi connectivity index (χ0) is 9.41. The molecule has 80 valence electrons. The van der Waals surface area contributed by atoms with Crippen LogP contribution in [0.5, 0.6) is 0 Å². The summed E-state index contributed by atoms with van der Waals surface area (Å²) in [6, 6.07) is 3.04. The smallest absolute Gasteiger partial charge is 1.00 e. The van der Waals surface area contributed by atoms with E-state index < -0.39 is 16.5 Å². The Balaban J connectivity index is 0. The van der Waals surface area contributed by atoms with E-state index in [2.05, 4.69) is 37.3 Å². The van der Waals surface area contributed by atoms with E-state index in [1.54, 1.807) is 0 Å². The largest absolute Gasteiger partial charge is 2.00 e. The van der Waals surface area contributed by atoms with Crippen LogP contribution in [0.15, 0.2) is 0 Å². The minimum atomic E-state index is -0.971. The summed E-state index contributed by atoms with van der Waals surface area (Å²) in [5, 5.41) is 0. The Morgan fingerprint density at radius 3 is 1.71 bits per heavy atom. The van der Waals surface area contributed by atoms with Crippen molar-refractivity contribution in [2.45, 2.75) is 44.7 Å². The van der Waals surface area contributed by atoms with Gasteiger partial charge >= 0.3 is 23.1 Å². The first-order valence-electron chi connectivity index (χ1n) is 4.97. The molecule has 0 atom stereocenters. The predicted octanol–water partition coefficient (Wildman–Crippen LogP) is -0.440. The van der Waals surface area contributed by atoms with Gasteiger partial charge in [0.15, 0.2) is 0 Å². The molecule has 0 aromatic heterocycles. The molecule has 0 radical (unpaired) electrons. The number of hydrogen-bond donors (Lipinski definition) is 0. The van der Waals surface area contributed by atoms with Gasteiger partial charge in [0.05, 0.1) is 0 Å². The number of nitrogens with zero attached hydrogens (tertiary/aromatic N) is 1. The summed E-state index contributed by atoms with van der Waals surface area (Å²) >= 11 is 0. The zero-order valence-electron chi connectivity index (χ0n) is 10.1. The molecule has 0 N–H and O–H groups in total. The summed E-state index contributed by atoms with van der Waals surface area (Å²) < 4.78 is 2.88. The zero-order valence-corrected chi connectivity index (χ0v) is 14.2. The summed E-state index contributed by atoms with van der Waals surface area (Å²) in [5.74, 6) is 0. The number of rotatable bonds is 2. The van der Waals surface area contributed by atoms with Gasteiger partial charge in [0.25, 0.3) is 0 Å². The first kappa shape index (κ1) is 17.8. The quantitative estimate of drug-likeness (QED) is 0.480. The first-order chi connectivity index (χ1) is 5.40. The minimum Gasteiger partial charge on any atom is -1.00 e. The molecule has 0 spiro atoms. The Labute approximate surface area is 114 Å². The van der Waals surface area contributed by atoms with Crippen LogP contribution in [0, 0.1) is 6.92 Å². The molecule has 0 aromatic rings. The Morgan fingerprint density at radius 2 is 1.43 bits per heavy atom. The summed E-state index contributed by atoms with van der Waals surface area (Å²) in [6.45, 7) is 15.3. The van der Waals surface area contributed by atoms with Crippen LogP contribution in [0.4, 0.5) is 0 Å². The minimum absolute atomic E-state index is 0. The third-order valence-corrected chi connectivity index (χ3v) is 13.6. The van der Waals surface area contributed by atoms with Crippen LogP contribution in [-0.4, -0.2) is 50.3 Å². The molecule has 5 heteroatoms. The average Bonchev–Trinajstić information content (AvgIpc) is 2.13. The first-order valence-corrected chi connectivity index (χ1v) is 11.3. The van der Waals surface area contributed by atoms with Gasteiger partial charge in [0.1, 0.15) is 16.5 Å². The fourth-order valence-electron chi connectivity index (χ4n) is 2.46. The van der Waals surface area contributed by atoms with Crippen LogP contribution in [0.1, 0.15) is 6.42 Å². The van der Waals surface area contributed by atoms with Gasteiger partial charge in [-0.3, -0.25) is 0 Å². The van der Waals surface area contributed by atoms with Gasteiger partial charge < -0.3 is 23.6 Å². The van der Waals surface area contributed by atoms with Gasteiger partial charge in [0, 0.05) is 0 Å². The number of hydrogen-bond acceptors (Lipinski definition) is 1. The Bertz CT molecular complexity index is 160. The van der Waals surface area contributed by atoms with Crippen LogP contribution < -0.4 is 12.4 Å². The molecule has 0 bridgehead atoms. The molecule has 0 aromatic carbocycles. The normalized spacial score (nSPS) is 23.8. The molecular weight excluding hydrogens is 238 g/mol. The second-order valence-corrected chi connectivity index (χ2v) is 14.9. The van der Waals surface area contributed by atoms with Crippen LogP contribution in [-0.2, 0) is 0 Å². The molecule has 1 nitrogen and oxygen atoms in total. The fourth-order valence-corrected chi connectivity index (χ4v) is 16.7. The number of halogens is 1. The molecule has 0 unspecified atom stereocenters. The van der Waals surface area contributed by atoms with Crippen molar-refractivity contribution in [2.75, 3.05) is 6.54 Å². The Kier molecular flexibility index (Phi) is 7.96. The van der Waals surface area contributed by atoms with Crippen molar-refractivity contribution in [2.24, 2.45) is 0 Å². The van der Waals surface area contributed by atoms with Gasteiger partial charge in [-0.25, -0.2) is 0 Å². The van der Waals surface area contributed by atoms with E-state index in [1.165, 1.54) is 18.6 Å². The van der Waals surface area contributed by atoms with Gasteiger partial charge in [-0.05, 0) is 18.6 Å². The average molecular weight is 260 g/mol. The molecule has 1 aliphatic heterocycles. The molecule has 1 aliphatic rings. The molecule has 14 heavy (non-hydrogen) atoms. The van der Waals surface area contributed by atoms with Crippen LogP contribution in [0.2, 0.25) is 38.3 Å². The molecule has 1 fully saturated rings. The van der Waals surface area contributed by atoms with E-state index in [1.807, 2.05) is 0 Å². The van der Waals surface area contributed by atoms with Crippen molar-refractivity contribution in [3.8, 4) is 0 Å². The third-order valence-electron chi connectivity index (χ3n) is 3.19. The summed E-state index contributed by atoms with van der Waals surface area (Å²) in [7, 11) is -1.94. The Hall–Kier alpha value is 1.45. The van der Waals surface area contributed by atoms with Crippen molar-refractivity contribution in [3.05, 3.63) is 6.92 Å². The van der Waals surface area contributed by atoms with E-state index in [0.717, 1.165) is 6.42 Å². The van der Waals surface area contributed by atoms with Gasteiger partial charge in [-0.1, -0.05) is 26.2 Å². The Morgan fingerprint density at radius 1 is 1.07 bits per heavy atom. The van der Waals surface area contributed by atoms with E-state index in [0.29, 0.717) is 0 Å². The fraction of sp³-hybridized carbons (Fsp3) is 0.889. The standard InChI is InChI=1S/C9H22NSi2.ClH.Mg/c1-6-7-10-11(2,3)8-9-12(10,4)5;;/h1,6-9H2,2-5H3;1H;/q-1;;+2/p-1. The van der Waals surface area contributed by atoms with E-state index in [9.17, 15) is 0 Å². The SMILES string of the molecule is [CH2-]CCN1[Si](C)(C)CC[Si]1(C)C.[Cl-].[Mg+2]. The molecule has 1 rings (SSSR count). The van der Waals surface area contributed by atoms with Crippen LogP contribution in [0.3, 0.4) is 0 Å². The molecular formula is C9H22ClMgNSi2. The van der Waals surface area contributed by atoms with Crippen molar-refractivity contribution in [1.82, 2.24) is 4.23 Å². The molecule has 0 saturated carbocycles. The third kappa shape index (κ3) is 3.79. The van der Waals surface area contributed by atoms with Gasteiger partial charge in [-0.15, -0.1) is 0 Å². The van der Waals surface area contributed by atoms with Gasteiger partial charge in [-0.2, -0.15) is 6.42 Å². The topological polar surface area (TPSA) is 3.24 Å². The molecule has 0 amide bonds. The van der Waals surface area contributed by atoms with Crippen molar-refractivity contribution >= 4 is 39.5 Å². The van der Waals surface area contributed by atoms with E-state index in [4.69, 9.17) is 0 Å². The molecule has 1 heterocycles. The van der Waals surface area contributed by atoms with Crippen molar-refractivity contribution in [3.63, 3.8) is 0 Å². The van der Waals surface area contributed by atoms with Gasteiger partial charge in [0.2, 0.25) is 0 Å². The maximum atomic E-state index is 3.98. The predicted molar refractivity (Wildman–Crippen MR) is 67.0 cm³/mol. The van der Waals surface area contributed by atoms with Crippen molar-refractivity contribution < 1.29 is 12.4 Å². The van der Waals surface area contributed by atoms with Crippen molar-refractivity contribution in [1.29, 1.82) is 0 Å². The van der Waals surface area contributed by atoms with Crippen LogP contribution in [0.25, 0.3) is 0 Å². The second kappa shape index (κ2) is 6.25. The summed E-state index contributed by atoms with van der Waals surface area (Å²) in [5.41, 5.74) is 0. The maximum absolute atomic E-state index is 3.98. The maximum Gasteiger partial charge on any atom is 2.00 e. The molecule has 0 aliphatic carbocycles. The second-order valence-electron chi connectivity index (χ2n) is 5.13. The molecule has 1 saturated heterocycles.